The zero-order chi connectivity index (χ0) is 20.9. The summed E-state index contributed by atoms with van der Waals surface area (Å²) in [6.07, 6.45) is 2.17. The highest BCUT2D eigenvalue weighted by Gasteiger charge is 2.26. The van der Waals surface area contributed by atoms with E-state index in [1.165, 1.54) is 0 Å². The van der Waals surface area contributed by atoms with Crippen molar-refractivity contribution in [2.24, 2.45) is 5.41 Å². The van der Waals surface area contributed by atoms with Gasteiger partial charge in [-0.3, -0.25) is 4.79 Å². The lowest BCUT2D eigenvalue weighted by Gasteiger charge is -2.18. The van der Waals surface area contributed by atoms with Crippen LogP contribution in [-0.4, -0.2) is 29.8 Å². The summed E-state index contributed by atoms with van der Waals surface area (Å²) < 4.78 is 11.5. The molecule has 29 heavy (non-hydrogen) atoms. The molecule has 3 rings (SSSR count). The number of unbranched alkanes of at least 4 members (excludes halogenated alkanes) is 1. The average Bonchev–Trinajstić information content (AvgIpc) is 2.72. The monoisotopic (exact) mass is 393 g/mol. The van der Waals surface area contributed by atoms with E-state index in [1.807, 2.05) is 54.6 Å². The lowest BCUT2D eigenvalue weighted by Crippen LogP contribution is -2.23. The topological polar surface area (TPSA) is 68.7 Å². The molecule has 0 atom stereocenters. The quantitative estimate of drug-likeness (QED) is 0.481. The van der Waals surface area contributed by atoms with Gasteiger partial charge >= 0.3 is 5.97 Å². The van der Waals surface area contributed by atoms with Crippen LogP contribution in [0.25, 0.3) is 22.0 Å². The number of carbonyl (C=O) groups is 1. The largest absolute Gasteiger partial charge is 0.496 e. The third-order valence-corrected chi connectivity index (χ3v) is 5.11. The van der Waals surface area contributed by atoms with Crippen molar-refractivity contribution in [2.45, 2.75) is 33.1 Å². The number of aromatic nitrogens is 1. The minimum atomic E-state index is -0.768. The number of nitrogens with zero attached hydrogens (tertiary/aromatic N) is 1. The highest BCUT2D eigenvalue weighted by Crippen LogP contribution is 2.36. The summed E-state index contributed by atoms with van der Waals surface area (Å²) in [6.45, 7) is 3.99. The molecule has 3 aromatic rings. The van der Waals surface area contributed by atoms with Gasteiger partial charge < -0.3 is 14.6 Å². The van der Waals surface area contributed by atoms with Gasteiger partial charge in [0.2, 0.25) is 5.88 Å². The molecule has 0 spiro atoms. The van der Waals surface area contributed by atoms with E-state index in [0.29, 0.717) is 18.9 Å². The number of carboxylic acid groups (broad SMARTS) is 1. The number of benzene rings is 2. The van der Waals surface area contributed by atoms with Crippen molar-refractivity contribution < 1.29 is 19.4 Å². The van der Waals surface area contributed by atoms with Crippen molar-refractivity contribution in [1.29, 1.82) is 0 Å². The molecule has 5 nitrogen and oxygen atoms in total. The first-order valence-corrected chi connectivity index (χ1v) is 9.82. The fraction of sp³-hybridized carbons (Fsp3) is 0.333. The number of hydrogen-bond acceptors (Lipinski definition) is 4. The van der Waals surface area contributed by atoms with Crippen LogP contribution in [0.3, 0.4) is 0 Å². The number of carboxylic acids is 1. The third-order valence-electron chi connectivity index (χ3n) is 5.11. The second-order valence-electron chi connectivity index (χ2n) is 7.72. The van der Waals surface area contributed by atoms with E-state index in [0.717, 1.165) is 40.6 Å². The van der Waals surface area contributed by atoms with Crippen molar-refractivity contribution in [3.63, 3.8) is 0 Å². The molecule has 5 heteroatoms. The van der Waals surface area contributed by atoms with Crippen LogP contribution in [0.4, 0.5) is 0 Å². The van der Waals surface area contributed by atoms with Crippen molar-refractivity contribution in [3.05, 3.63) is 54.6 Å². The fourth-order valence-electron chi connectivity index (χ4n) is 3.27. The molecule has 1 N–H and O–H groups in total. The summed E-state index contributed by atoms with van der Waals surface area (Å²) in [5.41, 5.74) is 2.15. The van der Waals surface area contributed by atoms with Crippen molar-refractivity contribution >= 4 is 16.9 Å². The van der Waals surface area contributed by atoms with Gasteiger partial charge in [0.15, 0.2) is 0 Å². The maximum absolute atomic E-state index is 11.2. The first-order chi connectivity index (χ1) is 13.9. The number of aliphatic carboxylic acids is 1. The van der Waals surface area contributed by atoms with E-state index >= 15 is 0 Å². The molecule has 1 aromatic heterocycles. The average molecular weight is 393 g/mol. The van der Waals surface area contributed by atoms with E-state index in [-0.39, 0.29) is 0 Å². The van der Waals surface area contributed by atoms with Gasteiger partial charge in [0, 0.05) is 22.6 Å². The molecule has 0 aliphatic rings. The molecule has 0 aliphatic carbocycles. The molecule has 0 amide bonds. The molecule has 0 aliphatic heterocycles. The van der Waals surface area contributed by atoms with Crippen LogP contribution in [0.5, 0.6) is 11.6 Å². The Morgan fingerprint density at radius 1 is 1.03 bits per heavy atom. The Kier molecular flexibility index (Phi) is 6.37. The fourth-order valence-corrected chi connectivity index (χ4v) is 3.27. The third kappa shape index (κ3) is 4.86. The summed E-state index contributed by atoms with van der Waals surface area (Å²) in [5.74, 6) is 0.587. The summed E-state index contributed by atoms with van der Waals surface area (Å²) in [4.78, 5) is 15.8. The van der Waals surface area contributed by atoms with Gasteiger partial charge in [-0.25, -0.2) is 4.98 Å². The molecular formula is C24H27NO4. The van der Waals surface area contributed by atoms with E-state index < -0.39 is 11.4 Å². The van der Waals surface area contributed by atoms with Crippen LogP contribution in [0.1, 0.15) is 33.1 Å². The Labute approximate surface area is 171 Å². The van der Waals surface area contributed by atoms with Crippen molar-refractivity contribution in [1.82, 2.24) is 4.98 Å². The molecule has 0 bridgehead atoms. The van der Waals surface area contributed by atoms with Crippen LogP contribution < -0.4 is 9.47 Å². The molecule has 0 saturated carbocycles. The number of rotatable bonds is 9. The number of para-hydroxylation sites is 2. The van der Waals surface area contributed by atoms with Gasteiger partial charge in [-0.2, -0.15) is 0 Å². The maximum Gasteiger partial charge on any atom is 0.309 e. The summed E-state index contributed by atoms with van der Waals surface area (Å²) >= 11 is 0. The Bertz CT molecular complexity index is 997. The van der Waals surface area contributed by atoms with Crippen molar-refractivity contribution in [2.75, 3.05) is 13.7 Å². The number of pyridine rings is 1. The number of fused-ring (bicyclic) bond motifs is 1. The van der Waals surface area contributed by atoms with Gasteiger partial charge in [-0.1, -0.05) is 36.4 Å². The normalized spacial score (nSPS) is 11.4. The SMILES string of the molecule is COc1ccccc1-c1cc(OCCCCC(C)(C)C(=O)O)nc2ccccc12. The Morgan fingerprint density at radius 3 is 2.52 bits per heavy atom. The van der Waals surface area contributed by atoms with E-state index in [4.69, 9.17) is 9.47 Å². The lowest BCUT2D eigenvalue weighted by molar-refractivity contribution is -0.147. The molecule has 1 heterocycles. The van der Waals surface area contributed by atoms with E-state index in [2.05, 4.69) is 4.98 Å². The Hall–Kier alpha value is -3.08. The van der Waals surface area contributed by atoms with Gasteiger partial charge in [0.25, 0.3) is 0 Å². The van der Waals surface area contributed by atoms with Crippen LogP contribution in [0, 0.1) is 5.41 Å². The highest BCUT2D eigenvalue weighted by molar-refractivity contribution is 5.96. The summed E-state index contributed by atoms with van der Waals surface area (Å²) in [6, 6.07) is 17.8. The maximum atomic E-state index is 11.2. The number of hydrogen-bond donors (Lipinski definition) is 1. The second-order valence-corrected chi connectivity index (χ2v) is 7.72. The zero-order valence-electron chi connectivity index (χ0n) is 17.1. The standard InChI is InChI=1S/C24H27NO4/c1-24(2,23(26)27)14-8-9-15-29-22-16-19(17-10-4-6-12-20(17)25-22)18-11-5-7-13-21(18)28-3/h4-7,10-13,16H,8-9,14-15H2,1-3H3,(H,26,27). The van der Waals surface area contributed by atoms with Crippen LogP contribution in [0.2, 0.25) is 0 Å². The molecular weight excluding hydrogens is 366 g/mol. The van der Waals surface area contributed by atoms with Gasteiger partial charge in [0.05, 0.1) is 24.6 Å². The van der Waals surface area contributed by atoms with Crippen LogP contribution in [0.15, 0.2) is 54.6 Å². The Morgan fingerprint density at radius 2 is 1.76 bits per heavy atom. The first-order valence-electron chi connectivity index (χ1n) is 9.82. The Balaban J connectivity index is 1.79. The van der Waals surface area contributed by atoms with Gasteiger partial charge in [0.1, 0.15) is 5.75 Å². The molecule has 0 fully saturated rings. The molecule has 0 unspecified atom stereocenters. The molecule has 2 aromatic carbocycles. The van der Waals surface area contributed by atoms with Crippen LogP contribution >= 0.6 is 0 Å². The van der Waals surface area contributed by atoms with E-state index in [9.17, 15) is 9.90 Å². The predicted molar refractivity (Wildman–Crippen MR) is 114 cm³/mol. The summed E-state index contributed by atoms with van der Waals surface area (Å²) in [7, 11) is 1.66. The van der Waals surface area contributed by atoms with Crippen LogP contribution in [-0.2, 0) is 4.79 Å². The highest BCUT2D eigenvalue weighted by atomic mass is 16.5. The van der Waals surface area contributed by atoms with Crippen molar-refractivity contribution in [3.8, 4) is 22.8 Å². The smallest absolute Gasteiger partial charge is 0.309 e. The second kappa shape index (κ2) is 8.95. The van der Waals surface area contributed by atoms with Gasteiger partial charge in [-0.05, 0) is 45.2 Å². The number of ether oxygens (including phenoxy) is 2. The minimum absolute atomic E-state index is 0.492. The zero-order valence-corrected chi connectivity index (χ0v) is 17.1. The first kappa shape index (κ1) is 20.6. The lowest BCUT2D eigenvalue weighted by atomic mass is 9.87. The molecule has 0 radical (unpaired) electrons. The van der Waals surface area contributed by atoms with Gasteiger partial charge in [-0.15, -0.1) is 0 Å². The molecule has 152 valence electrons. The summed E-state index contributed by atoms with van der Waals surface area (Å²) in [5, 5.41) is 10.2. The number of methoxy groups -OCH3 is 1. The molecule has 0 saturated heterocycles. The van der Waals surface area contributed by atoms with E-state index in [1.54, 1.807) is 21.0 Å². The predicted octanol–water partition coefficient (Wildman–Crippen LogP) is 5.57. The minimum Gasteiger partial charge on any atom is -0.496 e.